The number of hydrogen-bond donors (Lipinski definition) is 2. The molecule has 0 amide bonds. The fraction of sp³-hybridized carbons (Fsp3) is 0.235. The molecule has 0 aliphatic rings. The van der Waals surface area contributed by atoms with Gasteiger partial charge in [-0.15, -0.1) is 0 Å². The van der Waals surface area contributed by atoms with E-state index in [0.29, 0.717) is 11.7 Å². The smallest absolute Gasteiger partial charge is 0.175 e. The summed E-state index contributed by atoms with van der Waals surface area (Å²) in [5, 5.41) is 6.66. The van der Waals surface area contributed by atoms with Gasteiger partial charge in [0.25, 0.3) is 0 Å². The summed E-state index contributed by atoms with van der Waals surface area (Å²) >= 11 is 5.25. The van der Waals surface area contributed by atoms with Gasteiger partial charge in [0.2, 0.25) is 0 Å². The second kappa shape index (κ2) is 7.72. The molecular weight excluding hydrogens is 347 g/mol. The Balaban J connectivity index is 1.90. The maximum atomic E-state index is 12.9. The minimum atomic E-state index is -3.20. The summed E-state index contributed by atoms with van der Waals surface area (Å²) in [6.45, 7) is 2.42. The van der Waals surface area contributed by atoms with Crippen LogP contribution in [0.2, 0.25) is 0 Å². The Kier molecular flexibility index (Phi) is 5.90. The predicted octanol–water partition coefficient (Wildman–Crippen LogP) is 2.95. The van der Waals surface area contributed by atoms with Crippen LogP contribution in [0.3, 0.4) is 0 Å². The number of benzene rings is 2. The van der Waals surface area contributed by atoms with Gasteiger partial charge >= 0.3 is 0 Å². The molecule has 2 aromatic rings. The van der Waals surface area contributed by atoms with Crippen molar-refractivity contribution in [3.63, 3.8) is 0 Å². The molecule has 0 aliphatic carbocycles. The number of sulfone groups is 1. The van der Waals surface area contributed by atoms with Crippen molar-refractivity contribution in [1.82, 2.24) is 10.6 Å². The van der Waals surface area contributed by atoms with E-state index in [1.807, 2.05) is 6.92 Å². The standard InChI is InChI=1S/C17H19FN2O2S2/c1-12(14-5-9-16(10-6-14)24(2,21)22)20-17(23)19-11-13-3-7-15(18)8-4-13/h3-10,12H,11H2,1-2H3,(H2,19,20,23)/t12-/m1/s1. The first-order valence-electron chi connectivity index (χ1n) is 7.34. The summed E-state index contributed by atoms with van der Waals surface area (Å²) in [5.74, 6) is -0.273. The van der Waals surface area contributed by atoms with Crippen LogP contribution in [0.15, 0.2) is 53.4 Å². The van der Waals surface area contributed by atoms with E-state index in [1.54, 1.807) is 36.4 Å². The normalized spacial score (nSPS) is 12.5. The topological polar surface area (TPSA) is 58.2 Å². The minimum absolute atomic E-state index is 0.0770. The number of thiocarbonyl (C=S) groups is 1. The van der Waals surface area contributed by atoms with Crippen LogP contribution in [0.4, 0.5) is 4.39 Å². The Morgan fingerprint density at radius 3 is 2.25 bits per heavy atom. The van der Waals surface area contributed by atoms with E-state index in [0.717, 1.165) is 11.1 Å². The Hall–Kier alpha value is -1.99. The van der Waals surface area contributed by atoms with Gasteiger partial charge in [0.05, 0.1) is 10.9 Å². The monoisotopic (exact) mass is 366 g/mol. The number of hydrogen-bond acceptors (Lipinski definition) is 3. The number of halogens is 1. The average Bonchev–Trinajstić information content (AvgIpc) is 2.53. The molecule has 0 aliphatic heterocycles. The third kappa shape index (κ3) is 5.28. The van der Waals surface area contributed by atoms with E-state index in [-0.39, 0.29) is 16.8 Å². The summed E-state index contributed by atoms with van der Waals surface area (Å²) in [6.07, 6.45) is 1.18. The molecule has 0 bridgehead atoms. The summed E-state index contributed by atoms with van der Waals surface area (Å²) < 4.78 is 35.8. The Bertz CT molecular complexity index is 803. The van der Waals surface area contributed by atoms with Gasteiger partial charge in [-0.3, -0.25) is 0 Å². The van der Waals surface area contributed by atoms with E-state index in [9.17, 15) is 12.8 Å². The third-order valence-electron chi connectivity index (χ3n) is 3.52. The molecule has 4 nitrogen and oxygen atoms in total. The van der Waals surface area contributed by atoms with E-state index in [4.69, 9.17) is 12.2 Å². The Labute approximate surface area is 147 Å². The molecule has 2 aromatic carbocycles. The van der Waals surface area contributed by atoms with Gasteiger partial charge in [-0.25, -0.2) is 12.8 Å². The minimum Gasteiger partial charge on any atom is -0.359 e. The number of rotatable bonds is 5. The second-order valence-corrected chi connectivity index (χ2v) is 7.94. The maximum Gasteiger partial charge on any atom is 0.175 e. The molecule has 2 N–H and O–H groups in total. The van der Waals surface area contributed by atoms with Crippen molar-refractivity contribution in [2.75, 3.05) is 6.26 Å². The van der Waals surface area contributed by atoms with Crippen LogP contribution < -0.4 is 10.6 Å². The highest BCUT2D eigenvalue weighted by molar-refractivity contribution is 7.90. The first-order valence-corrected chi connectivity index (χ1v) is 9.64. The summed E-state index contributed by atoms with van der Waals surface area (Å²) in [4.78, 5) is 0.287. The van der Waals surface area contributed by atoms with E-state index < -0.39 is 9.84 Å². The Morgan fingerprint density at radius 2 is 1.71 bits per heavy atom. The van der Waals surface area contributed by atoms with Crippen molar-refractivity contribution in [1.29, 1.82) is 0 Å². The molecule has 0 spiro atoms. The molecule has 0 radical (unpaired) electrons. The van der Waals surface area contributed by atoms with Crippen LogP contribution in [0.25, 0.3) is 0 Å². The van der Waals surface area contributed by atoms with E-state index in [1.165, 1.54) is 18.4 Å². The first-order chi connectivity index (χ1) is 11.3. The van der Waals surface area contributed by atoms with Crippen LogP contribution in [0.1, 0.15) is 24.1 Å². The lowest BCUT2D eigenvalue weighted by molar-refractivity contribution is 0.601. The Morgan fingerprint density at radius 1 is 1.12 bits per heavy atom. The third-order valence-corrected chi connectivity index (χ3v) is 4.91. The highest BCUT2D eigenvalue weighted by Gasteiger charge is 2.10. The molecule has 2 rings (SSSR count). The lowest BCUT2D eigenvalue weighted by Crippen LogP contribution is -2.36. The lowest BCUT2D eigenvalue weighted by Gasteiger charge is -2.17. The second-order valence-electron chi connectivity index (χ2n) is 5.52. The summed E-state index contributed by atoms with van der Waals surface area (Å²) in [6, 6.07) is 12.8. The van der Waals surface area contributed by atoms with Crippen molar-refractivity contribution in [2.45, 2.75) is 24.4 Å². The fourth-order valence-electron chi connectivity index (χ4n) is 2.12. The molecule has 0 fully saturated rings. The van der Waals surface area contributed by atoms with Gasteiger partial charge < -0.3 is 10.6 Å². The van der Waals surface area contributed by atoms with Gasteiger partial charge in [0, 0.05) is 12.8 Å². The largest absolute Gasteiger partial charge is 0.359 e. The molecule has 1 atom stereocenters. The molecule has 0 saturated heterocycles. The lowest BCUT2D eigenvalue weighted by atomic mass is 10.1. The first kappa shape index (κ1) is 18.4. The van der Waals surface area contributed by atoms with Crippen LogP contribution in [0, 0.1) is 5.82 Å². The zero-order chi connectivity index (χ0) is 17.7. The molecule has 0 heterocycles. The highest BCUT2D eigenvalue weighted by atomic mass is 32.2. The fourth-order valence-corrected chi connectivity index (χ4v) is 3.00. The average molecular weight is 366 g/mol. The highest BCUT2D eigenvalue weighted by Crippen LogP contribution is 2.16. The molecule has 0 aromatic heterocycles. The van der Waals surface area contributed by atoms with Gasteiger partial charge in [-0.2, -0.15) is 0 Å². The van der Waals surface area contributed by atoms with E-state index in [2.05, 4.69) is 10.6 Å². The van der Waals surface area contributed by atoms with Crippen LogP contribution in [-0.2, 0) is 16.4 Å². The SMILES string of the molecule is C[C@@H](NC(=S)NCc1ccc(F)cc1)c1ccc(S(C)(=O)=O)cc1. The molecule has 0 saturated carbocycles. The van der Waals surface area contributed by atoms with Crippen LogP contribution in [-0.4, -0.2) is 19.8 Å². The quantitative estimate of drug-likeness (QED) is 0.797. The van der Waals surface area contributed by atoms with Crippen molar-refractivity contribution in [3.8, 4) is 0 Å². The van der Waals surface area contributed by atoms with Gasteiger partial charge in [-0.05, 0) is 54.5 Å². The molecule has 0 unspecified atom stereocenters. The zero-order valence-electron chi connectivity index (χ0n) is 13.4. The van der Waals surface area contributed by atoms with Crippen LogP contribution in [0.5, 0.6) is 0 Å². The molecular formula is C17H19FN2O2S2. The van der Waals surface area contributed by atoms with Gasteiger partial charge in [0.15, 0.2) is 14.9 Å². The zero-order valence-corrected chi connectivity index (χ0v) is 15.0. The molecule has 24 heavy (non-hydrogen) atoms. The van der Waals surface area contributed by atoms with Crippen molar-refractivity contribution in [3.05, 3.63) is 65.5 Å². The van der Waals surface area contributed by atoms with Gasteiger partial charge in [0.1, 0.15) is 5.82 Å². The predicted molar refractivity (Wildman–Crippen MR) is 96.9 cm³/mol. The van der Waals surface area contributed by atoms with Crippen molar-refractivity contribution >= 4 is 27.2 Å². The van der Waals surface area contributed by atoms with Crippen molar-refractivity contribution < 1.29 is 12.8 Å². The van der Waals surface area contributed by atoms with Crippen molar-refractivity contribution in [2.24, 2.45) is 0 Å². The maximum absolute atomic E-state index is 12.9. The number of nitrogens with one attached hydrogen (secondary N) is 2. The van der Waals surface area contributed by atoms with E-state index >= 15 is 0 Å². The summed E-state index contributed by atoms with van der Waals surface area (Å²) in [5.41, 5.74) is 1.85. The molecule has 128 valence electrons. The summed E-state index contributed by atoms with van der Waals surface area (Å²) in [7, 11) is -3.20. The van der Waals surface area contributed by atoms with Crippen LogP contribution >= 0.6 is 12.2 Å². The van der Waals surface area contributed by atoms with Gasteiger partial charge in [-0.1, -0.05) is 24.3 Å². The molecule has 7 heteroatoms.